The van der Waals surface area contributed by atoms with Gasteiger partial charge >= 0.3 is 5.97 Å². The first-order chi connectivity index (χ1) is 17.4. The molecule has 3 aromatic rings. The molecule has 0 bridgehead atoms. The van der Waals surface area contributed by atoms with Gasteiger partial charge in [-0.05, 0) is 69.8 Å². The molecule has 188 valence electrons. The van der Waals surface area contributed by atoms with Crippen LogP contribution in [0.25, 0.3) is 11.0 Å². The third-order valence-corrected chi connectivity index (χ3v) is 7.18. The minimum Gasteiger partial charge on any atom is -0.476 e. The fourth-order valence-electron chi connectivity index (χ4n) is 5.14. The molecule has 3 N–H and O–H groups in total. The highest BCUT2D eigenvalue weighted by atomic mass is 35.5. The highest BCUT2D eigenvalue weighted by Crippen LogP contribution is 2.36. The number of fused-ring (bicyclic) bond motifs is 1. The number of likely N-dealkylation sites (tertiary alicyclic amines) is 1. The molecule has 2 amide bonds. The van der Waals surface area contributed by atoms with Gasteiger partial charge < -0.3 is 25.1 Å². The molecule has 1 saturated carbocycles. The number of furan rings is 1. The van der Waals surface area contributed by atoms with E-state index in [1.165, 1.54) is 37.4 Å². The number of halogens is 1. The minimum atomic E-state index is -1.30. The predicted octanol–water partition coefficient (Wildman–Crippen LogP) is 4.42. The topological polar surface area (TPSA) is 138 Å². The molecule has 11 heteroatoms. The molecular formula is C25H26ClN5O5. The van der Waals surface area contributed by atoms with Gasteiger partial charge in [0.05, 0.1) is 10.4 Å². The van der Waals surface area contributed by atoms with Crippen molar-refractivity contribution in [3.63, 3.8) is 0 Å². The Labute approximate surface area is 212 Å². The lowest BCUT2D eigenvalue weighted by Crippen LogP contribution is -2.38. The largest absolute Gasteiger partial charge is 0.476 e. The molecule has 1 aliphatic carbocycles. The van der Waals surface area contributed by atoms with E-state index in [9.17, 15) is 19.5 Å². The fourth-order valence-corrected chi connectivity index (χ4v) is 5.26. The SMILES string of the molecule is O=C(Nc1ccc(Cl)cn1)c1oc2ccnc(C(=O)O)c2c1NC(=O)C1CCC(N2CCCC2)CC1. The fraction of sp³-hybridized carbons (Fsp3) is 0.400. The number of nitrogens with zero attached hydrogens (tertiary/aromatic N) is 3. The van der Waals surface area contributed by atoms with E-state index >= 15 is 0 Å². The summed E-state index contributed by atoms with van der Waals surface area (Å²) in [5.74, 6) is -2.50. The average Bonchev–Trinajstić information content (AvgIpc) is 3.54. The minimum absolute atomic E-state index is 0.00590. The Balaban J connectivity index is 1.41. The zero-order valence-corrected chi connectivity index (χ0v) is 20.3. The predicted molar refractivity (Wildman–Crippen MR) is 133 cm³/mol. The summed E-state index contributed by atoms with van der Waals surface area (Å²) < 4.78 is 5.73. The van der Waals surface area contributed by atoms with Gasteiger partial charge in [-0.15, -0.1) is 0 Å². The summed E-state index contributed by atoms with van der Waals surface area (Å²) in [6, 6.07) is 5.04. The Kier molecular flexibility index (Phi) is 6.88. The number of nitrogens with one attached hydrogen (secondary N) is 2. The highest BCUT2D eigenvalue weighted by Gasteiger charge is 2.33. The summed E-state index contributed by atoms with van der Waals surface area (Å²) in [6.45, 7) is 2.24. The molecule has 0 atom stereocenters. The smallest absolute Gasteiger partial charge is 0.355 e. The Morgan fingerprint density at radius 2 is 1.78 bits per heavy atom. The maximum absolute atomic E-state index is 13.3. The van der Waals surface area contributed by atoms with E-state index < -0.39 is 11.9 Å². The van der Waals surface area contributed by atoms with E-state index in [4.69, 9.17) is 16.0 Å². The molecule has 5 rings (SSSR count). The second-order valence-corrected chi connectivity index (χ2v) is 9.63. The van der Waals surface area contributed by atoms with E-state index in [0.717, 1.165) is 38.8 Å². The van der Waals surface area contributed by atoms with Gasteiger partial charge in [-0.25, -0.2) is 14.8 Å². The molecule has 0 spiro atoms. The maximum atomic E-state index is 13.3. The van der Waals surface area contributed by atoms with E-state index in [-0.39, 0.29) is 45.8 Å². The van der Waals surface area contributed by atoms with E-state index in [2.05, 4.69) is 25.5 Å². The van der Waals surface area contributed by atoms with Crippen molar-refractivity contribution in [3.8, 4) is 0 Å². The quantitative estimate of drug-likeness (QED) is 0.442. The number of aromatic carboxylic acids is 1. The Morgan fingerprint density at radius 1 is 1.03 bits per heavy atom. The summed E-state index contributed by atoms with van der Waals surface area (Å²) in [6.07, 6.45) is 8.43. The van der Waals surface area contributed by atoms with Crippen molar-refractivity contribution in [3.05, 3.63) is 47.1 Å². The third kappa shape index (κ3) is 4.91. The number of hydrogen-bond donors (Lipinski definition) is 3. The monoisotopic (exact) mass is 511 g/mol. The van der Waals surface area contributed by atoms with Gasteiger partial charge in [0.1, 0.15) is 17.1 Å². The number of hydrogen-bond acceptors (Lipinski definition) is 7. The van der Waals surface area contributed by atoms with Gasteiger partial charge in [-0.1, -0.05) is 11.6 Å². The number of carboxylic acid groups (broad SMARTS) is 1. The van der Waals surface area contributed by atoms with Crippen LogP contribution in [0.15, 0.2) is 35.0 Å². The zero-order valence-electron chi connectivity index (χ0n) is 19.5. The molecular weight excluding hydrogens is 486 g/mol. The van der Waals surface area contributed by atoms with Crippen LogP contribution in [-0.4, -0.2) is 56.9 Å². The first-order valence-electron chi connectivity index (χ1n) is 12.0. The van der Waals surface area contributed by atoms with Gasteiger partial charge in [-0.3, -0.25) is 9.59 Å². The van der Waals surface area contributed by atoms with E-state index in [0.29, 0.717) is 11.1 Å². The van der Waals surface area contributed by atoms with Crippen LogP contribution in [0.1, 0.15) is 59.6 Å². The highest BCUT2D eigenvalue weighted by molar-refractivity contribution is 6.30. The number of carbonyl (C=O) groups excluding carboxylic acids is 2. The van der Waals surface area contributed by atoms with Crippen molar-refractivity contribution in [2.45, 2.75) is 44.6 Å². The maximum Gasteiger partial charge on any atom is 0.355 e. The van der Waals surface area contributed by atoms with Crippen molar-refractivity contribution in [1.82, 2.24) is 14.9 Å². The van der Waals surface area contributed by atoms with Crippen LogP contribution in [0.3, 0.4) is 0 Å². The second-order valence-electron chi connectivity index (χ2n) is 9.20. The van der Waals surface area contributed by atoms with Crippen molar-refractivity contribution in [2.75, 3.05) is 23.7 Å². The molecule has 2 aliphatic rings. The third-order valence-electron chi connectivity index (χ3n) is 6.95. The summed E-state index contributed by atoms with van der Waals surface area (Å²) in [5.41, 5.74) is -0.189. The first kappa shape index (κ1) is 24.2. The molecule has 0 radical (unpaired) electrons. The van der Waals surface area contributed by atoms with E-state index in [1.807, 2.05) is 0 Å². The number of anilines is 2. The van der Waals surface area contributed by atoms with Crippen molar-refractivity contribution in [2.24, 2.45) is 5.92 Å². The molecule has 0 unspecified atom stereocenters. The van der Waals surface area contributed by atoms with Crippen LogP contribution < -0.4 is 10.6 Å². The van der Waals surface area contributed by atoms with Crippen LogP contribution in [0, 0.1) is 5.92 Å². The van der Waals surface area contributed by atoms with Crippen molar-refractivity contribution >= 4 is 51.9 Å². The zero-order chi connectivity index (χ0) is 25.2. The summed E-state index contributed by atoms with van der Waals surface area (Å²) >= 11 is 5.86. The lowest BCUT2D eigenvalue weighted by molar-refractivity contribution is -0.121. The summed E-state index contributed by atoms with van der Waals surface area (Å²) in [7, 11) is 0. The summed E-state index contributed by atoms with van der Waals surface area (Å²) in [5, 5.41) is 15.6. The molecule has 4 heterocycles. The second kappa shape index (κ2) is 10.2. The number of carboxylic acids is 1. The number of aromatic nitrogens is 2. The van der Waals surface area contributed by atoms with Crippen LogP contribution in [0.5, 0.6) is 0 Å². The number of rotatable bonds is 6. The van der Waals surface area contributed by atoms with Crippen molar-refractivity contribution in [1.29, 1.82) is 0 Å². The van der Waals surface area contributed by atoms with Crippen LogP contribution in [-0.2, 0) is 4.79 Å². The molecule has 1 aliphatic heterocycles. The Hall–Kier alpha value is -3.50. The molecule has 1 saturated heterocycles. The average molecular weight is 512 g/mol. The molecule has 2 fully saturated rings. The van der Waals surface area contributed by atoms with Crippen LogP contribution >= 0.6 is 11.6 Å². The molecule has 0 aromatic carbocycles. The van der Waals surface area contributed by atoms with Gasteiger partial charge in [0.15, 0.2) is 5.69 Å². The van der Waals surface area contributed by atoms with Gasteiger partial charge in [0.25, 0.3) is 5.91 Å². The number of amides is 2. The van der Waals surface area contributed by atoms with Gasteiger partial charge in [0.2, 0.25) is 11.7 Å². The van der Waals surface area contributed by atoms with E-state index in [1.54, 1.807) is 6.07 Å². The van der Waals surface area contributed by atoms with Gasteiger partial charge in [0, 0.05) is 24.4 Å². The lowest BCUT2D eigenvalue weighted by Gasteiger charge is -2.33. The Morgan fingerprint density at radius 3 is 2.44 bits per heavy atom. The Bertz CT molecular complexity index is 1290. The number of carbonyl (C=O) groups is 3. The first-order valence-corrected chi connectivity index (χ1v) is 12.4. The molecule has 3 aromatic heterocycles. The standard InChI is InChI=1S/C25H26ClN5O5/c26-15-5-8-18(28-13-15)29-24(33)22-20(19-17(36-22)9-10-27-21(19)25(34)35)30-23(32)14-3-6-16(7-4-14)31-11-1-2-12-31/h5,8-10,13-14,16H,1-4,6-7,11-12H2,(H,30,32)(H,34,35)(H,28,29,33). The normalized spacial score (nSPS) is 20.4. The lowest BCUT2D eigenvalue weighted by atomic mass is 9.84. The van der Waals surface area contributed by atoms with Gasteiger partial charge in [-0.2, -0.15) is 0 Å². The molecule has 10 nitrogen and oxygen atoms in total. The van der Waals surface area contributed by atoms with Crippen LogP contribution in [0.4, 0.5) is 11.5 Å². The molecule has 36 heavy (non-hydrogen) atoms. The van der Waals surface area contributed by atoms with Crippen molar-refractivity contribution < 1.29 is 23.9 Å². The number of pyridine rings is 2. The summed E-state index contributed by atoms with van der Waals surface area (Å²) in [4.78, 5) is 48.8. The van der Waals surface area contributed by atoms with Crippen LogP contribution in [0.2, 0.25) is 5.02 Å².